The van der Waals surface area contributed by atoms with Gasteiger partial charge in [-0.05, 0) is 38.4 Å². The topological polar surface area (TPSA) is 66.4 Å². The molecule has 0 aliphatic carbocycles. The van der Waals surface area contributed by atoms with E-state index < -0.39 is 9.84 Å². The molecule has 0 bridgehead atoms. The van der Waals surface area contributed by atoms with Gasteiger partial charge < -0.3 is 10.4 Å². The predicted octanol–water partition coefficient (Wildman–Crippen LogP) is 1.52. The summed E-state index contributed by atoms with van der Waals surface area (Å²) in [6.45, 7) is 4.70. The number of aliphatic hydroxyl groups excluding tert-OH is 1. The van der Waals surface area contributed by atoms with Crippen LogP contribution in [0.5, 0.6) is 0 Å². The van der Waals surface area contributed by atoms with Gasteiger partial charge in [-0.15, -0.1) is 0 Å². The molecule has 0 saturated heterocycles. The van der Waals surface area contributed by atoms with E-state index in [2.05, 4.69) is 5.32 Å². The maximum absolute atomic E-state index is 12.3. The van der Waals surface area contributed by atoms with Gasteiger partial charge in [0.25, 0.3) is 0 Å². The lowest BCUT2D eigenvalue weighted by atomic mass is 10.2. The molecule has 4 nitrogen and oxygen atoms in total. The molecule has 5 heteroatoms. The molecule has 1 unspecified atom stereocenters. The van der Waals surface area contributed by atoms with E-state index in [4.69, 9.17) is 5.11 Å². The fourth-order valence-corrected chi connectivity index (χ4v) is 3.41. The quantitative estimate of drug-likeness (QED) is 0.760. The SMILES string of the molecule is CCCNC(CCO)CS(=O)(=O)c1ccc(C)cc1. The third-order valence-electron chi connectivity index (χ3n) is 2.96. The van der Waals surface area contributed by atoms with Gasteiger partial charge in [-0.1, -0.05) is 24.6 Å². The fourth-order valence-electron chi connectivity index (χ4n) is 1.86. The average molecular weight is 285 g/mol. The van der Waals surface area contributed by atoms with Crippen molar-refractivity contribution in [2.45, 2.75) is 37.6 Å². The molecule has 0 fully saturated rings. The fraction of sp³-hybridized carbons (Fsp3) is 0.571. The molecule has 0 aromatic heterocycles. The zero-order valence-electron chi connectivity index (χ0n) is 11.6. The van der Waals surface area contributed by atoms with Crippen LogP contribution in [0.4, 0.5) is 0 Å². The summed E-state index contributed by atoms with van der Waals surface area (Å²) in [7, 11) is -3.30. The lowest BCUT2D eigenvalue weighted by Crippen LogP contribution is -2.37. The van der Waals surface area contributed by atoms with Crippen molar-refractivity contribution in [3.63, 3.8) is 0 Å². The molecule has 0 aliphatic heterocycles. The molecule has 1 rings (SSSR count). The van der Waals surface area contributed by atoms with Gasteiger partial charge in [-0.25, -0.2) is 8.42 Å². The number of nitrogens with one attached hydrogen (secondary N) is 1. The summed E-state index contributed by atoms with van der Waals surface area (Å²) < 4.78 is 24.5. The van der Waals surface area contributed by atoms with Crippen LogP contribution in [-0.4, -0.2) is 38.5 Å². The van der Waals surface area contributed by atoms with Gasteiger partial charge in [0.2, 0.25) is 0 Å². The van der Waals surface area contributed by atoms with E-state index in [-0.39, 0.29) is 18.4 Å². The summed E-state index contributed by atoms with van der Waals surface area (Å²) in [5.74, 6) is 0.0244. The number of benzene rings is 1. The van der Waals surface area contributed by atoms with Crippen LogP contribution in [0.2, 0.25) is 0 Å². The van der Waals surface area contributed by atoms with Crippen molar-refractivity contribution in [3.05, 3.63) is 29.8 Å². The van der Waals surface area contributed by atoms with Gasteiger partial charge in [0.05, 0.1) is 10.6 Å². The Morgan fingerprint density at radius 3 is 2.42 bits per heavy atom. The summed E-state index contributed by atoms with van der Waals surface area (Å²) in [5.41, 5.74) is 1.04. The highest BCUT2D eigenvalue weighted by atomic mass is 32.2. The second-order valence-electron chi connectivity index (χ2n) is 4.76. The highest BCUT2D eigenvalue weighted by molar-refractivity contribution is 7.91. The van der Waals surface area contributed by atoms with Crippen molar-refractivity contribution in [1.29, 1.82) is 0 Å². The summed E-state index contributed by atoms with van der Waals surface area (Å²) >= 11 is 0. The minimum atomic E-state index is -3.30. The predicted molar refractivity (Wildman–Crippen MR) is 77.0 cm³/mol. The van der Waals surface area contributed by atoms with Crippen LogP contribution < -0.4 is 5.32 Å². The van der Waals surface area contributed by atoms with Gasteiger partial charge in [-0.2, -0.15) is 0 Å². The summed E-state index contributed by atoms with van der Waals surface area (Å²) in [5, 5.41) is 12.2. The Labute approximate surface area is 115 Å². The van der Waals surface area contributed by atoms with Crippen LogP contribution in [0.1, 0.15) is 25.3 Å². The van der Waals surface area contributed by atoms with Gasteiger partial charge in [0.15, 0.2) is 9.84 Å². The molecule has 0 heterocycles. The maximum atomic E-state index is 12.3. The van der Waals surface area contributed by atoms with E-state index in [9.17, 15) is 8.42 Å². The van der Waals surface area contributed by atoms with Crippen molar-refractivity contribution >= 4 is 9.84 Å². The normalized spacial score (nSPS) is 13.4. The third-order valence-corrected chi connectivity index (χ3v) is 4.79. The van der Waals surface area contributed by atoms with Gasteiger partial charge in [-0.3, -0.25) is 0 Å². The standard InChI is InChI=1S/C14H23NO3S/c1-3-9-15-13(8-10-16)11-19(17,18)14-6-4-12(2)5-7-14/h4-7,13,15-16H,3,8-11H2,1-2H3. The van der Waals surface area contributed by atoms with Crippen LogP contribution in [0.3, 0.4) is 0 Å². The van der Waals surface area contributed by atoms with Crippen LogP contribution in [0.15, 0.2) is 29.2 Å². The second-order valence-corrected chi connectivity index (χ2v) is 6.79. The van der Waals surface area contributed by atoms with E-state index in [0.29, 0.717) is 11.3 Å². The number of aliphatic hydroxyl groups is 1. The van der Waals surface area contributed by atoms with Crippen molar-refractivity contribution in [3.8, 4) is 0 Å². The first-order valence-corrected chi connectivity index (χ1v) is 8.28. The van der Waals surface area contributed by atoms with Gasteiger partial charge in [0.1, 0.15) is 0 Å². The van der Waals surface area contributed by atoms with Crippen molar-refractivity contribution in [2.24, 2.45) is 0 Å². The maximum Gasteiger partial charge on any atom is 0.179 e. The van der Waals surface area contributed by atoms with Crippen molar-refractivity contribution in [2.75, 3.05) is 18.9 Å². The molecule has 19 heavy (non-hydrogen) atoms. The lowest BCUT2D eigenvalue weighted by molar-refractivity contribution is 0.269. The Kier molecular flexibility index (Phi) is 6.48. The largest absolute Gasteiger partial charge is 0.396 e. The highest BCUT2D eigenvalue weighted by Crippen LogP contribution is 2.14. The molecule has 0 radical (unpaired) electrons. The molecule has 108 valence electrons. The molecule has 0 amide bonds. The number of hydrogen-bond donors (Lipinski definition) is 2. The minimum Gasteiger partial charge on any atom is -0.396 e. The van der Waals surface area contributed by atoms with E-state index in [1.807, 2.05) is 13.8 Å². The Morgan fingerprint density at radius 1 is 1.26 bits per heavy atom. The lowest BCUT2D eigenvalue weighted by Gasteiger charge is -2.17. The smallest absolute Gasteiger partial charge is 0.179 e. The van der Waals surface area contributed by atoms with E-state index >= 15 is 0 Å². The summed E-state index contributed by atoms with van der Waals surface area (Å²) in [6.07, 6.45) is 1.39. The Hall–Kier alpha value is -0.910. The first-order chi connectivity index (χ1) is 8.99. The third kappa shape index (κ3) is 5.30. The Bertz CT molecular complexity index is 468. The summed E-state index contributed by atoms with van der Waals surface area (Å²) in [4.78, 5) is 0.347. The number of sulfone groups is 1. The van der Waals surface area contributed by atoms with Crippen LogP contribution in [-0.2, 0) is 9.84 Å². The molecule has 1 atom stereocenters. The van der Waals surface area contributed by atoms with Gasteiger partial charge in [0, 0.05) is 12.6 Å². The van der Waals surface area contributed by atoms with Gasteiger partial charge >= 0.3 is 0 Å². The first-order valence-electron chi connectivity index (χ1n) is 6.63. The van der Waals surface area contributed by atoms with Crippen molar-refractivity contribution in [1.82, 2.24) is 5.32 Å². The minimum absolute atomic E-state index is 0.00913. The monoisotopic (exact) mass is 285 g/mol. The van der Waals surface area contributed by atoms with Crippen LogP contribution >= 0.6 is 0 Å². The molecule has 0 aliphatic rings. The first kappa shape index (κ1) is 16.1. The molecule has 0 saturated carbocycles. The zero-order valence-corrected chi connectivity index (χ0v) is 12.4. The molecule has 1 aromatic carbocycles. The Morgan fingerprint density at radius 2 is 1.89 bits per heavy atom. The molecule has 0 spiro atoms. The van der Waals surface area contributed by atoms with E-state index in [0.717, 1.165) is 18.5 Å². The number of rotatable bonds is 8. The molecular formula is C14H23NO3S. The van der Waals surface area contributed by atoms with Crippen LogP contribution in [0, 0.1) is 6.92 Å². The molecule has 1 aromatic rings. The summed E-state index contributed by atoms with van der Waals surface area (Å²) in [6, 6.07) is 6.68. The van der Waals surface area contributed by atoms with Crippen LogP contribution in [0.25, 0.3) is 0 Å². The Balaban J connectivity index is 2.78. The van der Waals surface area contributed by atoms with Crippen molar-refractivity contribution < 1.29 is 13.5 Å². The van der Waals surface area contributed by atoms with E-state index in [1.54, 1.807) is 24.3 Å². The molecular weight excluding hydrogens is 262 g/mol. The second kappa shape index (κ2) is 7.62. The highest BCUT2D eigenvalue weighted by Gasteiger charge is 2.20. The van der Waals surface area contributed by atoms with E-state index in [1.165, 1.54) is 0 Å². The average Bonchev–Trinajstić information content (AvgIpc) is 2.36. The zero-order chi connectivity index (χ0) is 14.3. The number of aryl methyl sites for hydroxylation is 1. The molecule has 2 N–H and O–H groups in total. The number of hydrogen-bond acceptors (Lipinski definition) is 4.